The third kappa shape index (κ3) is 4.92. The van der Waals surface area contributed by atoms with E-state index in [1.165, 1.54) is 6.42 Å². The first-order valence-corrected chi connectivity index (χ1v) is 8.29. The summed E-state index contributed by atoms with van der Waals surface area (Å²) in [6.07, 6.45) is 4.71. The summed E-state index contributed by atoms with van der Waals surface area (Å²) < 4.78 is 5.67. The molecule has 4 heteroatoms. The number of carbonyl (C=O) groups is 1. The van der Waals surface area contributed by atoms with E-state index >= 15 is 0 Å². The molecule has 1 aromatic carbocycles. The Bertz CT molecular complexity index is 462. The van der Waals surface area contributed by atoms with Gasteiger partial charge in [0.2, 0.25) is 5.91 Å². The fraction of sp³-hybridized carbons (Fsp3) is 0.588. The molecule has 1 amide bonds. The van der Waals surface area contributed by atoms with Gasteiger partial charge in [0.05, 0.1) is 13.0 Å². The molecule has 2 rings (SSSR count). The zero-order valence-electron chi connectivity index (χ0n) is 12.7. The van der Waals surface area contributed by atoms with Crippen molar-refractivity contribution in [3.8, 4) is 5.75 Å². The highest BCUT2D eigenvalue weighted by atomic mass is 35.5. The lowest BCUT2D eigenvalue weighted by Gasteiger charge is -2.35. The summed E-state index contributed by atoms with van der Waals surface area (Å²) in [5, 5.41) is 0. The SMILES string of the molecule is Cc1cccc(OCCC(=O)N2CCCCC2CCCl)c1. The zero-order valence-corrected chi connectivity index (χ0v) is 13.4. The highest BCUT2D eigenvalue weighted by molar-refractivity contribution is 6.17. The van der Waals surface area contributed by atoms with Crippen LogP contribution in [-0.2, 0) is 4.79 Å². The summed E-state index contributed by atoms with van der Waals surface area (Å²) in [5.74, 6) is 1.64. The molecular formula is C17H24ClNO2. The number of aryl methyl sites for hydroxylation is 1. The summed E-state index contributed by atoms with van der Waals surface area (Å²) in [5.41, 5.74) is 1.16. The number of benzene rings is 1. The second-order valence-electron chi connectivity index (χ2n) is 5.63. The van der Waals surface area contributed by atoms with E-state index in [-0.39, 0.29) is 5.91 Å². The van der Waals surface area contributed by atoms with Crippen LogP contribution in [0.25, 0.3) is 0 Å². The summed E-state index contributed by atoms with van der Waals surface area (Å²) in [6.45, 7) is 3.33. The number of alkyl halides is 1. The average molecular weight is 310 g/mol. The average Bonchev–Trinajstić information content (AvgIpc) is 2.48. The maximum atomic E-state index is 12.3. The molecule has 1 unspecified atom stereocenters. The van der Waals surface area contributed by atoms with E-state index in [2.05, 4.69) is 0 Å². The molecule has 1 fully saturated rings. The molecule has 0 bridgehead atoms. The minimum atomic E-state index is 0.192. The molecule has 0 spiro atoms. The fourth-order valence-electron chi connectivity index (χ4n) is 2.86. The van der Waals surface area contributed by atoms with Crippen LogP contribution in [0.15, 0.2) is 24.3 Å². The van der Waals surface area contributed by atoms with Gasteiger partial charge in [-0.1, -0.05) is 12.1 Å². The summed E-state index contributed by atoms with van der Waals surface area (Å²) >= 11 is 5.84. The molecule has 1 heterocycles. The number of piperidine rings is 1. The monoisotopic (exact) mass is 309 g/mol. The number of halogens is 1. The Labute approximate surface area is 132 Å². The Kier molecular flexibility index (Phi) is 6.37. The molecule has 0 saturated carbocycles. The third-order valence-corrected chi connectivity index (χ3v) is 4.18. The van der Waals surface area contributed by atoms with Crippen LogP contribution in [0.3, 0.4) is 0 Å². The van der Waals surface area contributed by atoms with Crippen molar-refractivity contribution in [3.05, 3.63) is 29.8 Å². The molecule has 0 aromatic heterocycles. The minimum Gasteiger partial charge on any atom is -0.493 e. The Morgan fingerprint density at radius 3 is 3.05 bits per heavy atom. The van der Waals surface area contributed by atoms with Crippen LogP contribution in [0, 0.1) is 6.92 Å². The number of hydrogen-bond acceptors (Lipinski definition) is 2. The van der Waals surface area contributed by atoms with Crippen LogP contribution in [0.4, 0.5) is 0 Å². The topological polar surface area (TPSA) is 29.5 Å². The molecule has 0 N–H and O–H groups in total. The zero-order chi connectivity index (χ0) is 15.1. The van der Waals surface area contributed by atoms with Gasteiger partial charge >= 0.3 is 0 Å². The van der Waals surface area contributed by atoms with E-state index in [0.29, 0.717) is 24.9 Å². The first-order chi connectivity index (χ1) is 10.2. The van der Waals surface area contributed by atoms with Gasteiger partial charge in [0, 0.05) is 18.5 Å². The van der Waals surface area contributed by atoms with Crippen LogP contribution in [0.5, 0.6) is 5.75 Å². The molecule has 1 aliphatic heterocycles. The molecule has 3 nitrogen and oxygen atoms in total. The van der Waals surface area contributed by atoms with Crippen LogP contribution in [0.1, 0.15) is 37.7 Å². The van der Waals surface area contributed by atoms with Crippen LogP contribution < -0.4 is 4.74 Å². The van der Waals surface area contributed by atoms with Gasteiger partial charge in [0.15, 0.2) is 0 Å². The first-order valence-electron chi connectivity index (χ1n) is 7.75. The van der Waals surface area contributed by atoms with Gasteiger partial charge in [-0.2, -0.15) is 0 Å². The smallest absolute Gasteiger partial charge is 0.226 e. The third-order valence-electron chi connectivity index (χ3n) is 3.96. The molecule has 0 aliphatic carbocycles. The number of nitrogens with zero attached hydrogens (tertiary/aromatic N) is 1. The van der Waals surface area contributed by atoms with E-state index < -0.39 is 0 Å². The summed E-state index contributed by atoms with van der Waals surface area (Å²) in [6, 6.07) is 8.23. The van der Waals surface area contributed by atoms with Crippen LogP contribution in [-0.4, -0.2) is 35.9 Å². The molecule has 0 radical (unpaired) electrons. The number of carbonyl (C=O) groups excluding carboxylic acids is 1. The normalized spacial score (nSPS) is 18.6. The first kappa shape index (κ1) is 16.2. The maximum Gasteiger partial charge on any atom is 0.226 e. The van der Waals surface area contributed by atoms with Gasteiger partial charge in [-0.25, -0.2) is 0 Å². The van der Waals surface area contributed by atoms with Crippen molar-refractivity contribution in [2.45, 2.75) is 45.1 Å². The van der Waals surface area contributed by atoms with Crippen molar-refractivity contribution in [2.75, 3.05) is 19.0 Å². The Hall–Kier alpha value is -1.22. The molecular weight excluding hydrogens is 286 g/mol. The molecule has 1 aromatic rings. The second kappa shape index (κ2) is 8.28. The number of likely N-dealkylation sites (tertiary alicyclic amines) is 1. The molecule has 1 atom stereocenters. The Morgan fingerprint density at radius 1 is 1.43 bits per heavy atom. The van der Waals surface area contributed by atoms with Gasteiger partial charge in [-0.3, -0.25) is 4.79 Å². The van der Waals surface area contributed by atoms with Crippen molar-refractivity contribution in [2.24, 2.45) is 0 Å². The number of hydrogen-bond donors (Lipinski definition) is 0. The Morgan fingerprint density at radius 2 is 2.29 bits per heavy atom. The number of ether oxygens (including phenoxy) is 1. The second-order valence-corrected chi connectivity index (χ2v) is 6.01. The molecule has 116 valence electrons. The standard InChI is InChI=1S/C17H24ClNO2/c1-14-5-4-7-16(13-14)21-12-9-17(20)19-11-3-2-6-15(19)8-10-18/h4-5,7,13,15H,2-3,6,8-12H2,1H3. The largest absolute Gasteiger partial charge is 0.493 e. The fourth-order valence-corrected chi connectivity index (χ4v) is 3.11. The van der Waals surface area contributed by atoms with Crippen LogP contribution >= 0.6 is 11.6 Å². The van der Waals surface area contributed by atoms with E-state index in [0.717, 1.165) is 37.1 Å². The quantitative estimate of drug-likeness (QED) is 0.749. The molecule has 1 saturated heterocycles. The predicted molar refractivity (Wildman–Crippen MR) is 86.0 cm³/mol. The van der Waals surface area contributed by atoms with Crippen molar-refractivity contribution >= 4 is 17.5 Å². The number of rotatable bonds is 6. The van der Waals surface area contributed by atoms with Gasteiger partial charge in [-0.15, -0.1) is 11.6 Å². The molecule has 21 heavy (non-hydrogen) atoms. The van der Waals surface area contributed by atoms with Gasteiger partial charge < -0.3 is 9.64 Å². The van der Waals surface area contributed by atoms with Crippen molar-refractivity contribution < 1.29 is 9.53 Å². The van der Waals surface area contributed by atoms with Crippen molar-refractivity contribution in [1.29, 1.82) is 0 Å². The minimum absolute atomic E-state index is 0.192. The van der Waals surface area contributed by atoms with Crippen molar-refractivity contribution in [3.63, 3.8) is 0 Å². The lowest BCUT2D eigenvalue weighted by Crippen LogP contribution is -2.44. The van der Waals surface area contributed by atoms with E-state index in [1.807, 2.05) is 36.1 Å². The lowest BCUT2D eigenvalue weighted by atomic mass is 9.99. The van der Waals surface area contributed by atoms with Crippen molar-refractivity contribution in [1.82, 2.24) is 4.90 Å². The van der Waals surface area contributed by atoms with Crippen LogP contribution in [0.2, 0.25) is 0 Å². The van der Waals surface area contributed by atoms with Gasteiger partial charge in [0.25, 0.3) is 0 Å². The molecule has 1 aliphatic rings. The van der Waals surface area contributed by atoms with E-state index in [9.17, 15) is 4.79 Å². The van der Waals surface area contributed by atoms with E-state index in [1.54, 1.807) is 0 Å². The van der Waals surface area contributed by atoms with Gasteiger partial charge in [0.1, 0.15) is 5.75 Å². The van der Waals surface area contributed by atoms with Gasteiger partial charge in [-0.05, 0) is 50.3 Å². The van der Waals surface area contributed by atoms with E-state index in [4.69, 9.17) is 16.3 Å². The highest BCUT2D eigenvalue weighted by Crippen LogP contribution is 2.21. The predicted octanol–water partition coefficient (Wildman–Crippen LogP) is 3.77. The highest BCUT2D eigenvalue weighted by Gasteiger charge is 2.25. The number of amides is 1. The maximum absolute atomic E-state index is 12.3. The summed E-state index contributed by atoms with van der Waals surface area (Å²) in [7, 11) is 0. The lowest BCUT2D eigenvalue weighted by molar-refractivity contribution is -0.135. The Balaban J connectivity index is 1.80. The summed E-state index contributed by atoms with van der Waals surface area (Å²) in [4.78, 5) is 14.3.